The molecule has 2 rings (SSSR count). The van der Waals surface area contributed by atoms with Crippen molar-refractivity contribution < 1.29 is 14.3 Å². The Balaban J connectivity index is 0.00000264. The molecule has 2 N–H and O–H groups in total. The van der Waals surface area contributed by atoms with E-state index >= 15 is 0 Å². The number of methoxy groups -OCH3 is 1. The summed E-state index contributed by atoms with van der Waals surface area (Å²) in [6.45, 7) is 6.09. The molecule has 5 nitrogen and oxygen atoms in total. The van der Waals surface area contributed by atoms with Crippen molar-refractivity contribution in [2.45, 2.75) is 25.0 Å². The maximum Gasteiger partial charge on any atom is 0.252 e. The van der Waals surface area contributed by atoms with Gasteiger partial charge in [0.25, 0.3) is 5.91 Å². The molecule has 23 heavy (non-hydrogen) atoms. The van der Waals surface area contributed by atoms with Crippen molar-refractivity contribution in [1.29, 1.82) is 0 Å². The molecule has 1 saturated heterocycles. The maximum atomic E-state index is 12.5. The standard InChI is InChI=1S/C17H24N2O3.ClH/c1-3-12-22-15-7-5-4-6-14(15)13-19-16(20)17(21-2)8-10-18-11-9-17;/h3-7,18H,1,8-13H2,2H3,(H,19,20);1H. The van der Waals surface area contributed by atoms with Crippen molar-refractivity contribution in [2.75, 3.05) is 26.8 Å². The van der Waals surface area contributed by atoms with Crippen molar-refractivity contribution in [2.24, 2.45) is 0 Å². The SMILES string of the molecule is C=CCOc1ccccc1CNC(=O)C1(OC)CCNCC1.Cl. The minimum Gasteiger partial charge on any atom is -0.489 e. The van der Waals surface area contributed by atoms with Gasteiger partial charge in [-0.15, -0.1) is 12.4 Å². The minimum atomic E-state index is -0.720. The van der Waals surface area contributed by atoms with Crippen LogP contribution in [0.25, 0.3) is 0 Å². The summed E-state index contributed by atoms with van der Waals surface area (Å²) < 4.78 is 11.1. The molecule has 128 valence electrons. The molecule has 1 aromatic carbocycles. The number of para-hydroxylation sites is 1. The smallest absolute Gasteiger partial charge is 0.252 e. The Morgan fingerprint density at radius 3 is 2.74 bits per heavy atom. The quantitative estimate of drug-likeness (QED) is 0.746. The van der Waals surface area contributed by atoms with E-state index in [1.165, 1.54) is 0 Å². The third kappa shape index (κ3) is 4.96. The molecular formula is C17H25ClN2O3. The van der Waals surface area contributed by atoms with Crippen molar-refractivity contribution >= 4 is 18.3 Å². The molecule has 0 saturated carbocycles. The van der Waals surface area contributed by atoms with Gasteiger partial charge in [0, 0.05) is 19.2 Å². The van der Waals surface area contributed by atoms with E-state index in [2.05, 4.69) is 17.2 Å². The number of halogens is 1. The van der Waals surface area contributed by atoms with Crippen LogP contribution in [0.1, 0.15) is 18.4 Å². The summed E-state index contributed by atoms with van der Waals surface area (Å²) in [6.07, 6.45) is 3.07. The molecule has 0 radical (unpaired) electrons. The zero-order valence-corrected chi connectivity index (χ0v) is 14.3. The molecule has 0 aliphatic carbocycles. The highest BCUT2D eigenvalue weighted by atomic mass is 35.5. The number of ether oxygens (including phenoxy) is 2. The predicted octanol–water partition coefficient (Wildman–Crippen LogP) is 2.06. The van der Waals surface area contributed by atoms with Gasteiger partial charge in [-0.05, 0) is 32.0 Å². The Morgan fingerprint density at radius 2 is 2.09 bits per heavy atom. The Hall–Kier alpha value is -1.56. The van der Waals surface area contributed by atoms with Gasteiger partial charge < -0.3 is 20.1 Å². The number of rotatable bonds is 7. The van der Waals surface area contributed by atoms with Crippen LogP contribution < -0.4 is 15.4 Å². The van der Waals surface area contributed by atoms with Gasteiger partial charge in [-0.3, -0.25) is 4.79 Å². The van der Waals surface area contributed by atoms with Crippen LogP contribution in [-0.2, 0) is 16.1 Å². The first-order valence-corrected chi connectivity index (χ1v) is 7.57. The number of hydrogen-bond donors (Lipinski definition) is 2. The molecule has 1 aliphatic rings. The number of amides is 1. The lowest BCUT2D eigenvalue weighted by Gasteiger charge is -2.34. The monoisotopic (exact) mass is 340 g/mol. The first-order chi connectivity index (χ1) is 10.7. The van der Waals surface area contributed by atoms with Crippen LogP contribution in [0.3, 0.4) is 0 Å². The summed E-state index contributed by atoms with van der Waals surface area (Å²) >= 11 is 0. The van der Waals surface area contributed by atoms with Gasteiger partial charge in [0.2, 0.25) is 0 Å². The molecule has 1 heterocycles. The van der Waals surface area contributed by atoms with Gasteiger partial charge in [-0.25, -0.2) is 0 Å². The molecule has 1 aromatic rings. The zero-order chi connectivity index (χ0) is 15.8. The lowest BCUT2D eigenvalue weighted by atomic mass is 9.91. The largest absolute Gasteiger partial charge is 0.489 e. The summed E-state index contributed by atoms with van der Waals surface area (Å²) in [5.41, 5.74) is 0.222. The van der Waals surface area contributed by atoms with E-state index in [0.29, 0.717) is 26.0 Å². The number of hydrogen-bond acceptors (Lipinski definition) is 4. The van der Waals surface area contributed by atoms with E-state index < -0.39 is 5.60 Å². The number of carbonyl (C=O) groups excluding carboxylic acids is 1. The van der Waals surface area contributed by atoms with Crippen LogP contribution in [0, 0.1) is 0 Å². The second kappa shape index (κ2) is 9.55. The molecular weight excluding hydrogens is 316 g/mol. The van der Waals surface area contributed by atoms with Crippen LogP contribution >= 0.6 is 12.4 Å². The highest BCUT2D eigenvalue weighted by Crippen LogP contribution is 2.23. The summed E-state index contributed by atoms with van der Waals surface area (Å²) in [5.74, 6) is 0.703. The van der Waals surface area contributed by atoms with Crippen LogP contribution in [0.5, 0.6) is 5.75 Å². The van der Waals surface area contributed by atoms with Crippen LogP contribution in [0.15, 0.2) is 36.9 Å². The summed E-state index contributed by atoms with van der Waals surface area (Å²) in [6, 6.07) is 7.67. The topological polar surface area (TPSA) is 59.6 Å². The molecule has 1 amide bonds. The number of carbonyl (C=O) groups is 1. The summed E-state index contributed by atoms with van der Waals surface area (Å²) in [5, 5.41) is 6.23. The van der Waals surface area contributed by atoms with E-state index in [4.69, 9.17) is 9.47 Å². The van der Waals surface area contributed by atoms with Crippen molar-refractivity contribution in [3.05, 3.63) is 42.5 Å². The Morgan fingerprint density at radius 1 is 1.39 bits per heavy atom. The number of benzene rings is 1. The second-order valence-corrected chi connectivity index (χ2v) is 5.34. The van der Waals surface area contributed by atoms with Gasteiger partial charge in [-0.2, -0.15) is 0 Å². The fraction of sp³-hybridized carbons (Fsp3) is 0.471. The summed E-state index contributed by atoms with van der Waals surface area (Å²) in [4.78, 5) is 12.5. The van der Waals surface area contributed by atoms with Crippen molar-refractivity contribution in [3.8, 4) is 5.75 Å². The molecule has 1 aliphatic heterocycles. The predicted molar refractivity (Wildman–Crippen MR) is 93.1 cm³/mol. The van der Waals surface area contributed by atoms with E-state index in [1.54, 1.807) is 13.2 Å². The van der Waals surface area contributed by atoms with E-state index in [9.17, 15) is 4.79 Å². The van der Waals surface area contributed by atoms with Crippen molar-refractivity contribution in [1.82, 2.24) is 10.6 Å². The third-order valence-electron chi connectivity index (χ3n) is 3.98. The number of piperidine rings is 1. The van der Waals surface area contributed by atoms with Crippen molar-refractivity contribution in [3.63, 3.8) is 0 Å². The van der Waals surface area contributed by atoms with Gasteiger partial charge in [0.05, 0.1) is 0 Å². The highest BCUT2D eigenvalue weighted by Gasteiger charge is 2.39. The Kier molecular flexibility index (Phi) is 8.09. The second-order valence-electron chi connectivity index (χ2n) is 5.34. The van der Waals surface area contributed by atoms with Gasteiger partial charge in [0.1, 0.15) is 18.0 Å². The van der Waals surface area contributed by atoms with Crippen LogP contribution in [-0.4, -0.2) is 38.3 Å². The molecule has 0 aromatic heterocycles. The van der Waals surface area contributed by atoms with E-state index in [0.717, 1.165) is 24.4 Å². The fourth-order valence-electron chi connectivity index (χ4n) is 2.63. The lowest BCUT2D eigenvalue weighted by molar-refractivity contribution is -0.146. The lowest BCUT2D eigenvalue weighted by Crippen LogP contribution is -2.53. The van der Waals surface area contributed by atoms with Crippen LogP contribution in [0.2, 0.25) is 0 Å². The molecule has 1 fully saturated rings. The van der Waals surface area contributed by atoms with Gasteiger partial charge in [0.15, 0.2) is 0 Å². The highest BCUT2D eigenvalue weighted by molar-refractivity contribution is 5.85. The summed E-state index contributed by atoms with van der Waals surface area (Å²) in [7, 11) is 1.60. The Labute approximate surface area is 143 Å². The first-order valence-electron chi connectivity index (χ1n) is 7.57. The van der Waals surface area contributed by atoms with E-state index in [1.807, 2.05) is 24.3 Å². The Bertz CT molecular complexity index is 516. The maximum absolute atomic E-state index is 12.5. The van der Waals surface area contributed by atoms with Crippen LogP contribution in [0.4, 0.5) is 0 Å². The molecule has 0 unspecified atom stereocenters. The average Bonchev–Trinajstić information content (AvgIpc) is 2.59. The zero-order valence-electron chi connectivity index (χ0n) is 13.5. The van der Waals surface area contributed by atoms with Gasteiger partial charge >= 0.3 is 0 Å². The minimum absolute atomic E-state index is 0. The molecule has 6 heteroatoms. The average molecular weight is 341 g/mol. The molecule has 0 bridgehead atoms. The fourth-order valence-corrected chi connectivity index (χ4v) is 2.63. The third-order valence-corrected chi connectivity index (χ3v) is 3.98. The molecule has 0 spiro atoms. The molecule has 0 atom stereocenters. The number of nitrogens with one attached hydrogen (secondary N) is 2. The van der Waals surface area contributed by atoms with E-state index in [-0.39, 0.29) is 18.3 Å². The van der Waals surface area contributed by atoms with Gasteiger partial charge in [-0.1, -0.05) is 30.9 Å². The normalized spacial score (nSPS) is 16.0. The first kappa shape index (κ1) is 19.5.